The molecule has 0 saturated carbocycles. The van der Waals surface area contributed by atoms with Crippen LogP contribution in [0.4, 0.5) is 4.39 Å². The number of alkyl halides is 1. The summed E-state index contributed by atoms with van der Waals surface area (Å²) in [4.78, 5) is 0. The highest BCUT2D eigenvalue weighted by Crippen LogP contribution is 2.15. The van der Waals surface area contributed by atoms with Gasteiger partial charge in [-0.05, 0) is 30.4 Å². The van der Waals surface area contributed by atoms with E-state index in [1.165, 1.54) is 0 Å². The van der Waals surface area contributed by atoms with E-state index in [0.29, 0.717) is 0 Å². The Balaban J connectivity index is 2.81. The van der Waals surface area contributed by atoms with Crippen molar-refractivity contribution in [1.29, 1.82) is 0 Å². The first-order valence-corrected chi connectivity index (χ1v) is 5.74. The van der Waals surface area contributed by atoms with Gasteiger partial charge in [-0.15, -0.1) is 0 Å². The van der Waals surface area contributed by atoms with Crippen LogP contribution >= 0.6 is 15.9 Å². The standard InChI is InChI=1S/C11H14BrF/c1-2-9-5-3-6-10(11(9)13)7-4-8-12/h3,5-6H,2,4,7-8H2,1H3. The van der Waals surface area contributed by atoms with Crippen LogP contribution in [-0.2, 0) is 12.8 Å². The molecule has 0 bridgehead atoms. The molecule has 0 nitrogen and oxygen atoms in total. The maximum atomic E-state index is 13.6. The lowest BCUT2D eigenvalue weighted by Gasteiger charge is -2.05. The van der Waals surface area contributed by atoms with Crippen molar-refractivity contribution in [3.8, 4) is 0 Å². The molecule has 0 spiro atoms. The van der Waals surface area contributed by atoms with Gasteiger partial charge in [-0.25, -0.2) is 4.39 Å². The third-order valence-corrected chi connectivity index (χ3v) is 2.68. The molecule has 0 aliphatic carbocycles. The zero-order chi connectivity index (χ0) is 9.68. The molecule has 13 heavy (non-hydrogen) atoms. The van der Waals surface area contributed by atoms with Crippen molar-refractivity contribution in [3.05, 3.63) is 35.1 Å². The summed E-state index contributed by atoms with van der Waals surface area (Å²) in [6, 6.07) is 5.66. The van der Waals surface area contributed by atoms with Crippen LogP contribution in [0.3, 0.4) is 0 Å². The summed E-state index contributed by atoms with van der Waals surface area (Å²) >= 11 is 3.34. The second-order valence-electron chi connectivity index (χ2n) is 3.04. The minimum atomic E-state index is -0.00838. The van der Waals surface area contributed by atoms with Gasteiger partial charge in [0.1, 0.15) is 5.82 Å². The molecule has 0 unspecified atom stereocenters. The van der Waals surface area contributed by atoms with Gasteiger partial charge in [0, 0.05) is 5.33 Å². The number of hydrogen-bond donors (Lipinski definition) is 0. The van der Waals surface area contributed by atoms with Crippen molar-refractivity contribution in [2.24, 2.45) is 0 Å². The van der Waals surface area contributed by atoms with Crippen LogP contribution in [-0.4, -0.2) is 5.33 Å². The van der Waals surface area contributed by atoms with Crippen molar-refractivity contribution in [1.82, 2.24) is 0 Å². The third-order valence-electron chi connectivity index (χ3n) is 2.12. The van der Waals surface area contributed by atoms with E-state index in [1.54, 1.807) is 0 Å². The van der Waals surface area contributed by atoms with Gasteiger partial charge in [-0.2, -0.15) is 0 Å². The molecule has 0 heterocycles. The van der Waals surface area contributed by atoms with E-state index in [2.05, 4.69) is 15.9 Å². The Morgan fingerprint density at radius 3 is 2.62 bits per heavy atom. The first-order valence-electron chi connectivity index (χ1n) is 4.61. The van der Waals surface area contributed by atoms with Crippen molar-refractivity contribution >= 4 is 15.9 Å². The smallest absolute Gasteiger partial charge is 0.129 e. The molecule has 0 N–H and O–H groups in total. The van der Waals surface area contributed by atoms with Gasteiger partial charge in [0.15, 0.2) is 0 Å². The fourth-order valence-corrected chi connectivity index (χ4v) is 1.64. The monoisotopic (exact) mass is 244 g/mol. The van der Waals surface area contributed by atoms with Gasteiger partial charge < -0.3 is 0 Å². The maximum Gasteiger partial charge on any atom is 0.129 e. The third kappa shape index (κ3) is 2.80. The topological polar surface area (TPSA) is 0 Å². The van der Waals surface area contributed by atoms with E-state index >= 15 is 0 Å². The zero-order valence-corrected chi connectivity index (χ0v) is 9.40. The van der Waals surface area contributed by atoms with Crippen LogP contribution in [0, 0.1) is 5.82 Å². The Hall–Kier alpha value is -0.370. The Bertz CT molecular complexity index is 271. The molecule has 0 aromatic heterocycles. The molecule has 0 radical (unpaired) electrons. The van der Waals surface area contributed by atoms with Crippen LogP contribution in [0.25, 0.3) is 0 Å². The number of aryl methyl sites for hydroxylation is 2. The molecular formula is C11H14BrF. The predicted molar refractivity (Wildman–Crippen MR) is 57.9 cm³/mol. The molecule has 0 amide bonds. The largest absolute Gasteiger partial charge is 0.206 e. The molecule has 2 heteroatoms. The van der Waals surface area contributed by atoms with Gasteiger partial charge in [0.25, 0.3) is 0 Å². The Labute approximate surface area is 87.3 Å². The molecule has 1 rings (SSSR count). The minimum absolute atomic E-state index is 0.00838. The Morgan fingerprint density at radius 2 is 2.00 bits per heavy atom. The summed E-state index contributed by atoms with van der Waals surface area (Å²) in [7, 11) is 0. The number of halogens is 2. The Morgan fingerprint density at radius 1 is 1.31 bits per heavy atom. The second-order valence-corrected chi connectivity index (χ2v) is 3.83. The molecule has 1 aromatic rings. The molecule has 72 valence electrons. The molecule has 1 aromatic carbocycles. The molecule has 0 saturated heterocycles. The lowest BCUT2D eigenvalue weighted by Crippen LogP contribution is -1.96. The predicted octanol–water partition coefficient (Wildman–Crippen LogP) is 3.72. The van der Waals surface area contributed by atoms with Crippen molar-refractivity contribution < 1.29 is 4.39 Å². The first kappa shape index (κ1) is 10.7. The van der Waals surface area contributed by atoms with Gasteiger partial charge in [0.2, 0.25) is 0 Å². The van der Waals surface area contributed by atoms with E-state index in [1.807, 2.05) is 25.1 Å². The fraction of sp³-hybridized carbons (Fsp3) is 0.455. The van der Waals surface area contributed by atoms with Crippen LogP contribution in [0.2, 0.25) is 0 Å². The summed E-state index contributed by atoms with van der Waals surface area (Å²) < 4.78 is 13.6. The summed E-state index contributed by atoms with van der Waals surface area (Å²) in [5.74, 6) is -0.00838. The number of rotatable bonds is 4. The number of benzene rings is 1. The molecular weight excluding hydrogens is 231 g/mol. The lowest BCUT2D eigenvalue weighted by molar-refractivity contribution is 0.593. The van der Waals surface area contributed by atoms with Gasteiger partial charge in [-0.1, -0.05) is 41.1 Å². The van der Waals surface area contributed by atoms with Gasteiger partial charge in [-0.3, -0.25) is 0 Å². The van der Waals surface area contributed by atoms with Gasteiger partial charge in [0.05, 0.1) is 0 Å². The molecule has 0 atom stereocenters. The van der Waals surface area contributed by atoms with Crippen LogP contribution < -0.4 is 0 Å². The maximum absolute atomic E-state index is 13.6. The van der Waals surface area contributed by atoms with Crippen molar-refractivity contribution in [2.45, 2.75) is 26.2 Å². The molecule has 0 aliphatic rings. The minimum Gasteiger partial charge on any atom is -0.206 e. The Kier molecular flexibility index (Phi) is 4.43. The summed E-state index contributed by atoms with van der Waals surface area (Å²) in [5, 5.41) is 0.933. The average molecular weight is 245 g/mol. The van der Waals surface area contributed by atoms with E-state index in [0.717, 1.165) is 35.7 Å². The highest BCUT2D eigenvalue weighted by molar-refractivity contribution is 9.09. The van der Waals surface area contributed by atoms with E-state index in [4.69, 9.17) is 0 Å². The van der Waals surface area contributed by atoms with Crippen molar-refractivity contribution in [3.63, 3.8) is 0 Å². The van der Waals surface area contributed by atoms with Gasteiger partial charge >= 0.3 is 0 Å². The molecule has 0 fully saturated rings. The quantitative estimate of drug-likeness (QED) is 0.709. The number of hydrogen-bond acceptors (Lipinski definition) is 0. The van der Waals surface area contributed by atoms with Crippen LogP contribution in [0.15, 0.2) is 18.2 Å². The highest BCUT2D eigenvalue weighted by atomic mass is 79.9. The zero-order valence-electron chi connectivity index (χ0n) is 7.82. The highest BCUT2D eigenvalue weighted by Gasteiger charge is 2.05. The second kappa shape index (κ2) is 5.38. The van der Waals surface area contributed by atoms with E-state index in [9.17, 15) is 4.39 Å². The first-order chi connectivity index (χ1) is 6.29. The van der Waals surface area contributed by atoms with E-state index < -0.39 is 0 Å². The normalized spacial score (nSPS) is 10.4. The summed E-state index contributed by atoms with van der Waals surface area (Å²) in [6.07, 6.45) is 2.59. The average Bonchev–Trinajstić information content (AvgIpc) is 2.16. The summed E-state index contributed by atoms with van der Waals surface area (Å²) in [6.45, 7) is 1.98. The lowest BCUT2D eigenvalue weighted by atomic mass is 10.0. The van der Waals surface area contributed by atoms with Crippen LogP contribution in [0.1, 0.15) is 24.5 Å². The fourth-order valence-electron chi connectivity index (χ4n) is 1.36. The summed E-state index contributed by atoms with van der Waals surface area (Å²) in [5.41, 5.74) is 1.67. The molecule has 0 aliphatic heterocycles. The van der Waals surface area contributed by atoms with Crippen LogP contribution in [0.5, 0.6) is 0 Å². The van der Waals surface area contributed by atoms with Crippen molar-refractivity contribution in [2.75, 3.05) is 5.33 Å². The SMILES string of the molecule is CCc1cccc(CCCBr)c1F. The van der Waals surface area contributed by atoms with E-state index in [-0.39, 0.29) is 5.82 Å².